The Morgan fingerprint density at radius 2 is 2.06 bits per heavy atom. The number of pyridine rings is 1. The largest absolute Gasteiger partial charge is 0.497 e. The van der Waals surface area contributed by atoms with E-state index in [2.05, 4.69) is 20.9 Å². The average molecular weight is 447 g/mol. The number of hydrogen-bond donors (Lipinski definition) is 3. The van der Waals surface area contributed by atoms with Crippen LogP contribution >= 0.6 is 0 Å². The lowest BCUT2D eigenvalue weighted by Crippen LogP contribution is -2.52. The Labute approximate surface area is 188 Å². The molecule has 33 heavy (non-hydrogen) atoms. The van der Waals surface area contributed by atoms with Crippen molar-refractivity contribution in [1.29, 1.82) is 0 Å². The fourth-order valence-corrected chi connectivity index (χ4v) is 4.39. The minimum atomic E-state index is -1.57. The number of anilines is 1. The van der Waals surface area contributed by atoms with Gasteiger partial charge in [-0.1, -0.05) is 6.07 Å². The summed E-state index contributed by atoms with van der Waals surface area (Å²) in [5, 5.41) is 8.31. The lowest BCUT2D eigenvalue weighted by molar-refractivity contribution is -0.125. The predicted octanol–water partition coefficient (Wildman–Crippen LogP) is 2.10. The Kier molecular flexibility index (Phi) is 4.13. The number of benzene rings is 1. The molecular formula is C23H21N5O5. The minimum Gasteiger partial charge on any atom is -0.497 e. The van der Waals surface area contributed by atoms with E-state index < -0.39 is 17.5 Å². The average Bonchev–Trinajstić information content (AvgIpc) is 3.31. The number of amides is 4. The van der Waals surface area contributed by atoms with Crippen molar-refractivity contribution in [2.45, 2.75) is 31.0 Å². The second-order valence-corrected chi connectivity index (χ2v) is 8.61. The van der Waals surface area contributed by atoms with Crippen LogP contribution in [0, 0.1) is 0 Å². The smallest absolute Gasteiger partial charge is 0.322 e. The van der Waals surface area contributed by atoms with Gasteiger partial charge in [0.2, 0.25) is 0 Å². The zero-order chi connectivity index (χ0) is 22.7. The summed E-state index contributed by atoms with van der Waals surface area (Å²) in [6.07, 6.45) is 2.23. The first kappa shape index (κ1) is 19.6. The number of urea groups is 1. The summed E-state index contributed by atoms with van der Waals surface area (Å²) in [4.78, 5) is 44.4. The summed E-state index contributed by atoms with van der Waals surface area (Å²) in [7, 11) is 1.54. The summed E-state index contributed by atoms with van der Waals surface area (Å²) in [5.41, 5.74) is 0.813. The van der Waals surface area contributed by atoms with Gasteiger partial charge < -0.3 is 24.7 Å². The number of ether oxygens (including phenoxy) is 1. The van der Waals surface area contributed by atoms with Crippen molar-refractivity contribution in [3.8, 4) is 5.75 Å². The highest BCUT2D eigenvalue weighted by Gasteiger charge is 2.53. The highest BCUT2D eigenvalue weighted by Crippen LogP contribution is 2.35. The van der Waals surface area contributed by atoms with Crippen molar-refractivity contribution in [3.05, 3.63) is 53.3 Å². The number of nitrogens with one attached hydrogen (secondary N) is 3. The second-order valence-electron chi connectivity index (χ2n) is 8.61. The molecule has 4 amide bonds. The minimum absolute atomic E-state index is 0.0899. The summed E-state index contributed by atoms with van der Waals surface area (Å²) in [6.45, 7) is 0.213. The van der Waals surface area contributed by atoms with Gasteiger partial charge in [0.25, 0.3) is 11.8 Å². The first-order valence-corrected chi connectivity index (χ1v) is 10.7. The van der Waals surface area contributed by atoms with Gasteiger partial charge in [0.05, 0.1) is 13.7 Å². The van der Waals surface area contributed by atoms with Crippen LogP contribution in [0.2, 0.25) is 0 Å². The van der Waals surface area contributed by atoms with Gasteiger partial charge in [-0.05, 0) is 42.7 Å². The lowest BCUT2D eigenvalue weighted by Gasteiger charge is -2.28. The van der Waals surface area contributed by atoms with Gasteiger partial charge in [0.15, 0.2) is 11.1 Å². The quantitative estimate of drug-likeness (QED) is 0.494. The molecule has 6 rings (SSSR count). The van der Waals surface area contributed by atoms with E-state index in [-0.39, 0.29) is 18.2 Å². The van der Waals surface area contributed by atoms with Crippen LogP contribution in [-0.4, -0.2) is 47.4 Å². The number of fused-ring (bicyclic) bond motifs is 2. The molecule has 3 aromatic rings. The molecule has 1 saturated carbocycles. The number of methoxy groups -OCH3 is 1. The first-order chi connectivity index (χ1) is 15.9. The van der Waals surface area contributed by atoms with E-state index in [0.717, 1.165) is 24.2 Å². The maximum Gasteiger partial charge on any atom is 0.322 e. The van der Waals surface area contributed by atoms with Crippen LogP contribution < -0.4 is 20.7 Å². The molecule has 1 saturated heterocycles. The van der Waals surface area contributed by atoms with E-state index in [1.54, 1.807) is 24.3 Å². The van der Waals surface area contributed by atoms with Crippen molar-refractivity contribution in [1.82, 2.24) is 20.5 Å². The first-order valence-electron chi connectivity index (χ1n) is 10.7. The summed E-state index contributed by atoms with van der Waals surface area (Å²) < 4.78 is 11.2. The molecule has 1 aromatic carbocycles. The maximum absolute atomic E-state index is 13.1. The van der Waals surface area contributed by atoms with E-state index >= 15 is 0 Å². The van der Waals surface area contributed by atoms with Gasteiger partial charge in [-0.25, -0.2) is 9.78 Å². The molecule has 2 aromatic heterocycles. The molecular weight excluding hydrogens is 426 g/mol. The molecule has 0 bridgehead atoms. The topological polar surface area (TPSA) is 126 Å². The molecule has 1 unspecified atom stereocenters. The van der Waals surface area contributed by atoms with Crippen molar-refractivity contribution in [3.63, 3.8) is 0 Å². The van der Waals surface area contributed by atoms with Crippen molar-refractivity contribution >= 4 is 34.8 Å². The molecule has 2 aliphatic heterocycles. The number of nitrogens with zero attached hydrogens (tertiary/aromatic N) is 2. The second kappa shape index (κ2) is 6.96. The molecule has 2 fully saturated rings. The van der Waals surface area contributed by atoms with Gasteiger partial charge in [-0.15, -0.1) is 0 Å². The third-order valence-electron chi connectivity index (χ3n) is 6.29. The number of furan rings is 1. The van der Waals surface area contributed by atoms with Crippen LogP contribution in [-0.2, 0) is 16.9 Å². The van der Waals surface area contributed by atoms with Gasteiger partial charge in [-0.3, -0.25) is 14.9 Å². The van der Waals surface area contributed by atoms with Gasteiger partial charge in [-0.2, -0.15) is 0 Å². The molecule has 3 aliphatic rings. The molecule has 10 nitrogen and oxygen atoms in total. The Hall–Kier alpha value is -4.08. The lowest BCUT2D eigenvalue weighted by atomic mass is 9.95. The molecule has 4 heterocycles. The summed E-state index contributed by atoms with van der Waals surface area (Å²) >= 11 is 0. The van der Waals surface area contributed by atoms with E-state index in [4.69, 9.17) is 9.15 Å². The molecule has 0 spiro atoms. The Bertz CT molecular complexity index is 1330. The molecule has 1 aliphatic carbocycles. The van der Waals surface area contributed by atoms with Crippen LogP contribution in [0.15, 0.2) is 40.8 Å². The highest BCUT2D eigenvalue weighted by molar-refractivity contribution is 6.08. The predicted molar refractivity (Wildman–Crippen MR) is 117 cm³/mol. The third kappa shape index (κ3) is 3.17. The summed E-state index contributed by atoms with van der Waals surface area (Å²) in [6, 6.07) is 10.3. The van der Waals surface area contributed by atoms with Gasteiger partial charge in [0.1, 0.15) is 22.8 Å². The van der Waals surface area contributed by atoms with Crippen LogP contribution in [0.3, 0.4) is 0 Å². The normalized spacial score (nSPS) is 21.8. The Morgan fingerprint density at radius 3 is 2.79 bits per heavy atom. The number of carbonyl (C=O) groups excluding carboxylic acids is 3. The number of imide groups is 1. The highest BCUT2D eigenvalue weighted by atomic mass is 16.5. The van der Waals surface area contributed by atoms with Crippen LogP contribution in [0.25, 0.3) is 11.1 Å². The zero-order valence-electron chi connectivity index (χ0n) is 17.8. The van der Waals surface area contributed by atoms with E-state index in [1.807, 2.05) is 12.1 Å². The fourth-order valence-electron chi connectivity index (χ4n) is 4.39. The maximum atomic E-state index is 13.1. The zero-order valence-corrected chi connectivity index (χ0v) is 17.8. The van der Waals surface area contributed by atoms with E-state index in [0.29, 0.717) is 35.0 Å². The third-order valence-corrected chi connectivity index (χ3v) is 6.29. The van der Waals surface area contributed by atoms with Crippen LogP contribution in [0.4, 0.5) is 10.6 Å². The number of rotatable bonds is 6. The molecule has 0 radical (unpaired) electrons. The Balaban J connectivity index is 1.36. The monoisotopic (exact) mass is 447 g/mol. The van der Waals surface area contributed by atoms with E-state index in [1.165, 1.54) is 12.0 Å². The molecule has 3 N–H and O–H groups in total. The molecule has 10 heteroatoms. The fraction of sp³-hybridized carbons (Fsp3) is 0.304. The molecule has 1 atom stereocenters. The van der Waals surface area contributed by atoms with Crippen molar-refractivity contribution < 1.29 is 23.5 Å². The number of hydrogen-bond acceptors (Lipinski definition) is 7. The SMILES string of the molecule is COc1ccc2c(c1)C(=O)N(CC1(c3cc4nc(NC5CC5)ccc4o3)NC(=O)NC1=O)C2. The van der Waals surface area contributed by atoms with Crippen LogP contribution in [0.1, 0.15) is 34.5 Å². The Morgan fingerprint density at radius 1 is 1.21 bits per heavy atom. The van der Waals surface area contributed by atoms with Crippen molar-refractivity contribution in [2.24, 2.45) is 0 Å². The van der Waals surface area contributed by atoms with Gasteiger partial charge >= 0.3 is 6.03 Å². The van der Waals surface area contributed by atoms with Crippen molar-refractivity contribution in [2.75, 3.05) is 19.0 Å². The summed E-state index contributed by atoms with van der Waals surface area (Å²) in [5.74, 6) is 0.694. The molecule has 168 valence electrons. The number of carbonyl (C=O) groups is 3. The van der Waals surface area contributed by atoms with E-state index in [9.17, 15) is 14.4 Å². The number of aromatic nitrogens is 1. The van der Waals surface area contributed by atoms with Gasteiger partial charge in [0, 0.05) is 24.2 Å². The van der Waals surface area contributed by atoms with Crippen LogP contribution in [0.5, 0.6) is 5.75 Å². The standard InChI is InChI=1S/C23H21N5O5/c1-32-14-5-2-12-10-28(20(29)15(12)8-14)11-23(21(30)26-22(31)27-23)18-9-16-17(33-18)6-7-19(25-16)24-13-3-4-13/h2,5-9,13H,3-4,10-11H2,1H3,(H,24,25)(H2,26,27,30,31).